The molecule has 2 aromatic carbocycles. The average molecular weight is 322 g/mol. The Kier molecular flexibility index (Phi) is 5.80. The number of allylic oxidation sites excluding steroid dienone is 1. The highest BCUT2D eigenvalue weighted by Crippen LogP contribution is 2.21. The Hall–Kier alpha value is -2.75. The standard InChI is InChI=1S/C19H16ClN3/c1-23(12-2-11-21)19-9-3-15(4-10-19)13-17(14-22)16-5-7-18(20)8-6-16/h3-10,13H,2,12H2,1H3/b17-13+. The highest BCUT2D eigenvalue weighted by Gasteiger charge is 2.03. The van der Waals surface area contributed by atoms with Crippen molar-refractivity contribution in [3.63, 3.8) is 0 Å². The molecule has 23 heavy (non-hydrogen) atoms. The summed E-state index contributed by atoms with van der Waals surface area (Å²) in [6.45, 7) is 0.694. The summed E-state index contributed by atoms with van der Waals surface area (Å²) in [6.07, 6.45) is 2.34. The molecule has 2 aromatic rings. The SMILES string of the molecule is CN(CCC#N)c1ccc(/C=C(\C#N)c2ccc(Cl)cc2)cc1. The Labute approximate surface area is 141 Å². The van der Waals surface area contributed by atoms with E-state index in [4.69, 9.17) is 16.9 Å². The molecule has 0 aliphatic rings. The quantitative estimate of drug-likeness (QED) is 0.589. The molecule has 0 aliphatic heterocycles. The summed E-state index contributed by atoms with van der Waals surface area (Å²) in [5.74, 6) is 0. The molecular weight excluding hydrogens is 306 g/mol. The largest absolute Gasteiger partial charge is 0.374 e. The minimum atomic E-state index is 0.493. The normalized spacial score (nSPS) is 10.7. The van der Waals surface area contributed by atoms with Crippen molar-refractivity contribution in [3.05, 3.63) is 64.7 Å². The molecule has 0 bridgehead atoms. The first-order chi connectivity index (χ1) is 11.1. The third kappa shape index (κ3) is 4.61. The lowest BCUT2D eigenvalue weighted by Gasteiger charge is -2.17. The van der Waals surface area contributed by atoms with E-state index in [0.717, 1.165) is 16.8 Å². The van der Waals surface area contributed by atoms with Crippen LogP contribution in [-0.4, -0.2) is 13.6 Å². The van der Waals surface area contributed by atoms with Gasteiger partial charge in [-0.1, -0.05) is 35.9 Å². The van der Waals surface area contributed by atoms with Crippen LogP contribution in [0.3, 0.4) is 0 Å². The van der Waals surface area contributed by atoms with Crippen LogP contribution in [0.1, 0.15) is 17.5 Å². The maximum atomic E-state index is 9.36. The first kappa shape index (κ1) is 16.6. The second-order valence-corrected chi connectivity index (χ2v) is 5.53. The summed E-state index contributed by atoms with van der Waals surface area (Å²) < 4.78 is 0. The molecule has 0 aliphatic carbocycles. The number of rotatable bonds is 5. The summed E-state index contributed by atoms with van der Waals surface area (Å²) >= 11 is 5.88. The van der Waals surface area contributed by atoms with E-state index in [9.17, 15) is 5.26 Å². The highest BCUT2D eigenvalue weighted by atomic mass is 35.5. The van der Waals surface area contributed by atoms with Gasteiger partial charge < -0.3 is 4.90 Å². The van der Waals surface area contributed by atoms with Crippen molar-refractivity contribution >= 4 is 28.9 Å². The van der Waals surface area contributed by atoms with Crippen molar-refractivity contribution in [1.82, 2.24) is 0 Å². The molecule has 0 atom stereocenters. The first-order valence-electron chi connectivity index (χ1n) is 7.20. The van der Waals surface area contributed by atoms with Crippen LogP contribution < -0.4 is 4.90 Å². The molecule has 2 rings (SSSR count). The van der Waals surface area contributed by atoms with Gasteiger partial charge in [-0.3, -0.25) is 0 Å². The molecule has 0 heterocycles. The highest BCUT2D eigenvalue weighted by molar-refractivity contribution is 6.30. The van der Waals surface area contributed by atoms with Crippen molar-refractivity contribution in [2.45, 2.75) is 6.42 Å². The smallest absolute Gasteiger partial charge is 0.0998 e. The van der Waals surface area contributed by atoms with E-state index in [2.05, 4.69) is 12.1 Å². The predicted octanol–water partition coefficient (Wildman–Crippen LogP) is 4.75. The van der Waals surface area contributed by atoms with Crippen LogP contribution in [0.2, 0.25) is 5.02 Å². The van der Waals surface area contributed by atoms with E-state index in [0.29, 0.717) is 23.6 Å². The van der Waals surface area contributed by atoms with Gasteiger partial charge in [0, 0.05) is 24.3 Å². The van der Waals surface area contributed by atoms with Crippen molar-refractivity contribution in [1.29, 1.82) is 10.5 Å². The Balaban J connectivity index is 2.19. The third-order valence-electron chi connectivity index (χ3n) is 3.48. The first-order valence-corrected chi connectivity index (χ1v) is 7.57. The maximum Gasteiger partial charge on any atom is 0.0998 e. The molecule has 0 unspecified atom stereocenters. The van der Waals surface area contributed by atoms with E-state index in [1.165, 1.54) is 0 Å². The number of hydrogen-bond acceptors (Lipinski definition) is 3. The zero-order chi connectivity index (χ0) is 16.7. The number of benzene rings is 2. The molecule has 3 nitrogen and oxygen atoms in total. The number of nitrogens with zero attached hydrogens (tertiary/aromatic N) is 3. The molecule has 0 amide bonds. The molecule has 0 N–H and O–H groups in total. The Morgan fingerprint density at radius 3 is 2.30 bits per heavy atom. The monoisotopic (exact) mass is 321 g/mol. The third-order valence-corrected chi connectivity index (χ3v) is 3.73. The lowest BCUT2D eigenvalue weighted by atomic mass is 10.0. The van der Waals surface area contributed by atoms with Crippen LogP contribution >= 0.6 is 11.6 Å². The van der Waals surface area contributed by atoms with E-state index in [1.807, 2.05) is 54.4 Å². The molecule has 0 saturated carbocycles. The van der Waals surface area contributed by atoms with Crippen LogP contribution in [0.5, 0.6) is 0 Å². The fourth-order valence-electron chi connectivity index (χ4n) is 2.15. The van der Waals surface area contributed by atoms with E-state index >= 15 is 0 Å². The lowest BCUT2D eigenvalue weighted by Crippen LogP contribution is -2.17. The van der Waals surface area contributed by atoms with Gasteiger partial charge in [-0.05, 0) is 41.5 Å². The Morgan fingerprint density at radius 1 is 1.09 bits per heavy atom. The predicted molar refractivity (Wildman–Crippen MR) is 94.9 cm³/mol. The second kappa shape index (κ2) is 8.03. The van der Waals surface area contributed by atoms with Gasteiger partial charge in [0.15, 0.2) is 0 Å². The Bertz CT molecular complexity index is 762. The van der Waals surface area contributed by atoms with Gasteiger partial charge in [-0.2, -0.15) is 10.5 Å². The molecule has 4 heteroatoms. The molecule has 0 aromatic heterocycles. The van der Waals surface area contributed by atoms with Crippen molar-refractivity contribution in [3.8, 4) is 12.1 Å². The maximum absolute atomic E-state index is 9.36. The van der Waals surface area contributed by atoms with Crippen LogP contribution in [0.15, 0.2) is 48.5 Å². The molecular formula is C19H16ClN3. The zero-order valence-corrected chi connectivity index (χ0v) is 13.6. The summed E-state index contributed by atoms with van der Waals surface area (Å²) in [4.78, 5) is 2.03. The van der Waals surface area contributed by atoms with Gasteiger partial charge in [0.1, 0.15) is 0 Å². The van der Waals surface area contributed by atoms with Crippen molar-refractivity contribution in [2.24, 2.45) is 0 Å². The average Bonchev–Trinajstić information content (AvgIpc) is 2.59. The number of nitriles is 2. The molecule has 114 valence electrons. The number of anilines is 1. The molecule has 0 saturated heterocycles. The molecule has 0 fully saturated rings. The van der Waals surface area contributed by atoms with Crippen LogP contribution in [0, 0.1) is 22.7 Å². The minimum Gasteiger partial charge on any atom is -0.374 e. The summed E-state index contributed by atoms with van der Waals surface area (Å²) in [7, 11) is 1.95. The topological polar surface area (TPSA) is 50.8 Å². The van der Waals surface area contributed by atoms with Gasteiger partial charge >= 0.3 is 0 Å². The fourth-order valence-corrected chi connectivity index (χ4v) is 2.27. The fraction of sp³-hybridized carbons (Fsp3) is 0.158. The van der Waals surface area contributed by atoms with Gasteiger partial charge in [-0.15, -0.1) is 0 Å². The van der Waals surface area contributed by atoms with E-state index in [-0.39, 0.29) is 0 Å². The number of halogens is 1. The van der Waals surface area contributed by atoms with Crippen molar-refractivity contribution in [2.75, 3.05) is 18.5 Å². The molecule has 0 spiro atoms. The lowest BCUT2D eigenvalue weighted by molar-refractivity contribution is 0.905. The minimum absolute atomic E-state index is 0.493. The Morgan fingerprint density at radius 2 is 1.74 bits per heavy atom. The van der Waals surface area contributed by atoms with Gasteiger partial charge in [-0.25, -0.2) is 0 Å². The van der Waals surface area contributed by atoms with Crippen LogP contribution in [0.25, 0.3) is 11.6 Å². The van der Waals surface area contributed by atoms with E-state index < -0.39 is 0 Å². The van der Waals surface area contributed by atoms with Crippen LogP contribution in [0.4, 0.5) is 5.69 Å². The summed E-state index contributed by atoms with van der Waals surface area (Å²) in [6, 6.07) is 19.5. The van der Waals surface area contributed by atoms with Gasteiger partial charge in [0.25, 0.3) is 0 Å². The van der Waals surface area contributed by atoms with Crippen LogP contribution in [-0.2, 0) is 0 Å². The second-order valence-electron chi connectivity index (χ2n) is 5.10. The van der Waals surface area contributed by atoms with Gasteiger partial charge in [0.2, 0.25) is 0 Å². The van der Waals surface area contributed by atoms with E-state index in [1.54, 1.807) is 12.1 Å². The summed E-state index contributed by atoms with van der Waals surface area (Å²) in [5.41, 5.74) is 3.43. The number of hydrogen-bond donors (Lipinski definition) is 0. The zero-order valence-electron chi connectivity index (χ0n) is 12.8. The van der Waals surface area contributed by atoms with Gasteiger partial charge in [0.05, 0.1) is 24.1 Å². The van der Waals surface area contributed by atoms with Crippen molar-refractivity contribution < 1.29 is 0 Å². The molecule has 0 radical (unpaired) electrons. The summed E-state index contributed by atoms with van der Waals surface area (Å²) in [5, 5.41) is 18.6.